The highest BCUT2D eigenvalue weighted by Gasteiger charge is 2.42. The van der Waals surface area contributed by atoms with Gasteiger partial charge in [0, 0.05) is 28.2 Å². The normalized spacial score (nSPS) is 23.1. The van der Waals surface area contributed by atoms with Gasteiger partial charge in [-0.1, -0.05) is 25.1 Å². The van der Waals surface area contributed by atoms with Crippen molar-refractivity contribution in [2.75, 3.05) is 7.11 Å². The third kappa shape index (κ3) is 2.92. The van der Waals surface area contributed by atoms with Crippen LogP contribution in [0.25, 0.3) is 10.9 Å². The average Bonchev–Trinajstić information content (AvgIpc) is 3.03. The maximum absolute atomic E-state index is 12.1. The highest BCUT2D eigenvalue weighted by atomic mass is 16.5. The van der Waals surface area contributed by atoms with Gasteiger partial charge in [0.2, 0.25) is 0 Å². The van der Waals surface area contributed by atoms with Crippen LogP contribution in [0.5, 0.6) is 0 Å². The zero-order valence-electron chi connectivity index (χ0n) is 15.1. The van der Waals surface area contributed by atoms with Gasteiger partial charge in [0.25, 0.3) is 0 Å². The van der Waals surface area contributed by atoms with Gasteiger partial charge in [0.1, 0.15) is 0 Å². The van der Waals surface area contributed by atoms with Crippen molar-refractivity contribution in [2.45, 2.75) is 57.3 Å². The van der Waals surface area contributed by atoms with Crippen LogP contribution >= 0.6 is 0 Å². The zero-order valence-corrected chi connectivity index (χ0v) is 15.1. The molecule has 5 heteroatoms. The van der Waals surface area contributed by atoms with Crippen molar-refractivity contribution in [1.82, 2.24) is 4.98 Å². The summed E-state index contributed by atoms with van der Waals surface area (Å²) in [6.45, 7) is 4.24. The van der Waals surface area contributed by atoms with Crippen LogP contribution in [-0.2, 0) is 14.9 Å². The van der Waals surface area contributed by atoms with Crippen LogP contribution in [0.2, 0.25) is 0 Å². The standard InChI is InChI=1S/C20H26N2O3/c1-4-20(12-16(23)25-3)10-8-14(9-11-21-24)17-15-7-5-6-13(2)18(15)22-19(17)20/h5-7,11,14,22,24H,4,8-10,12H2,1-3H3/b21-11+/t14-,20+/m1/s1. The van der Waals surface area contributed by atoms with E-state index in [2.05, 4.69) is 42.2 Å². The van der Waals surface area contributed by atoms with E-state index in [9.17, 15) is 4.79 Å². The fourth-order valence-electron chi connectivity index (χ4n) is 4.36. The van der Waals surface area contributed by atoms with Gasteiger partial charge in [0.15, 0.2) is 0 Å². The Morgan fingerprint density at radius 1 is 1.52 bits per heavy atom. The first-order chi connectivity index (χ1) is 12.1. The fourth-order valence-corrected chi connectivity index (χ4v) is 4.36. The smallest absolute Gasteiger partial charge is 0.306 e. The number of fused-ring (bicyclic) bond motifs is 3. The maximum Gasteiger partial charge on any atom is 0.306 e. The Balaban J connectivity index is 2.20. The summed E-state index contributed by atoms with van der Waals surface area (Å²) in [4.78, 5) is 15.7. The molecule has 0 bridgehead atoms. The van der Waals surface area contributed by atoms with E-state index in [0.29, 0.717) is 18.8 Å². The Bertz CT molecular complexity index is 809. The van der Waals surface area contributed by atoms with Crippen molar-refractivity contribution in [2.24, 2.45) is 5.16 Å². The van der Waals surface area contributed by atoms with Gasteiger partial charge in [-0.15, -0.1) is 5.16 Å². The Hall–Kier alpha value is -2.30. The number of oxime groups is 1. The maximum atomic E-state index is 12.1. The molecule has 1 aliphatic carbocycles. The molecule has 1 aliphatic rings. The predicted octanol–water partition coefficient (Wildman–Crippen LogP) is 4.41. The van der Waals surface area contributed by atoms with E-state index < -0.39 is 0 Å². The van der Waals surface area contributed by atoms with Crippen molar-refractivity contribution >= 4 is 23.1 Å². The number of ether oxygens (including phenoxy) is 1. The van der Waals surface area contributed by atoms with Crippen molar-refractivity contribution in [3.8, 4) is 0 Å². The van der Waals surface area contributed by atoms with Gasteiger partial charge < -0.3 is 14.9 Å². The molecule has 0 radical (unpaired) electrons. The molecule has 1 heterocycles. The molecule has 0 spiro atoms. The summed E-state index contributed by atoms with van der Waals surface area (Å²) in [5.41, 5.74) is 4.55. The number of nitrogens with zero attached hydrogens (tertiary/aromatic N) is 1. The van der Waals surface area contributed by atoms with Crippen LogP contribution in [0, 0.1) is 6.92 Å². The van der Waals surface area contributed by atoms with E-state index in [0.717, 1.165) is 30.5 Å². The minimum atomic E-state index is -0.221. The average molecular weight is 342 g/mol. The second-order valence-corrected chi connectivity index (χ2v) is 7.07. The largest absolute Gasteiger partial charge is 0.469 e. The molecule has 2 N–H and O–H groups in total. The number of aromatic nitrogens is 1. The van der Waals surface area contributed by atoms with Crippen LogP contribution in [-0.4, -0.2) is 29.5 Å². The minimum Gasteiger partial charge on any atom is -0.469 e. The molecule has 2 atom stereocenters. The van der Waals surface area contributed by atoms with Crippen molar-refractivity contribution in [3.63, 3.8) is 0 Å². The lowest BCUT2D eigenvalue weighted by molar-refractivity contribution is -0.142. The van der Waals surface area contributed by atoms with Crippen LogP contribution in [0.1, 0.15) is 61.8 Å². The van der Waals surface area contributed by atoms with E-state index in [1.165, 1.54) is 23.6 Å². The number of rotatable bonds is 5. The number of nitrogens with one attached hydrogen (secondary N) is 1. The number of esters is 1. The van der Waals surface area contributed by atoms with Gasteiger partial charge >= 0.3 is 5.97 Å². The molecule has 0 aliphatic heterocycles. The Kier molecular flexibility index (Phi) is 4.84. The van der Waals surface area contributed by atoms with E-state index >= 15 is 0 Å². The summed E-state index contributed by atoms with van der Waals surface area (Å²) in [5, 5.41) is 13.3. The molecule has 0 saturated heterocycles. The van der Waals surface area contributed by atoms with E-state index in [1.54, 1.807) is 6.21 Å². The molecule has 0 amide bonds. The van der Waals surface area contributed by atoms with E-state index in [1.807, 2.05) is 0 Å². The number of carbonyl (C=O) groups excluding carboxylic acids is 1. The highest BCUT2D eigenvalue weighted by molar-refractivity contribution is 5.89. The van der Waals surface area contributed by atoms with Crippen molar-refractivity contribution in [3.05, 3.63) is 35.0 Å². The van der Waals surface area contributed by atoms with Gasteiger partial charge in [-0.05, 0) is 49.7 Å². The fraction of sp³-hybridized carbons (Fsp3) is 0.500. The molecular weight excluding hydrogens is 316 g/mol. The molecule has 1 aromatic carbocycles. The van der Waals surface area contributed by atoms with Crippen LogP contribution in [0.4, 0.5) is 0 Å². The summed E-state index contributed by atoms with van der Waals surface area (Å²) in [6, 6.07) is 6.32. The predicted molar refractivity (Wildman–Crippen MR) is 98.5 cm³/mol. The van der Waals surface area contributed by atoms with Gasteiger partial charge in [-0.3, -0.25) is 4.79 Å². The second-order valence-electron chi connectivity index (χ2n) is 7.07. The first-order valence-corrected chi connectivity index (χ1v) is 8.90. The topological polar surface area (TPSA) is 74.7 Å². The van der Waals surface area contributed by atoms with Gasteiger partial charge in [-0.25, -0.2) is 0 Å². The molecule has 3 rings (SSSR count). The van der Waals surface area contributed by atoms with Crippen molar-refractivity contribution < 1.29 is 14.7 Å². The lowest BCUT2D eigenvalue weighted by Crippen LogP contribution is -2.35. The zero-order chi connectivity index (χ0) is 18.0. The first kappa shape index (κ1) is 17.5. The molecule has 2 aromatic rings. The number of aryl methyl sites for hydroxylation is 1. The van der Waals surface area contributed by atoms with Crippen LogP contribution in [0.3, 0.4) is 0 Å². The first-order valence-electron chi connectivity index (χ1n) is 8.90. The summed E-state index contributed by atoms with van der Waals surface area (Å²) in [6.07, 6.45) is 5.42. The summed E-state index contributed by atoms with van der Waals surface area (Å²) >= 11 is 0. The Morgan fingerprint density at radius 3 is 3.00 bits per heavy atom. The number of benzene rings is 1. The molecule has 5 nitrogen and oxygen atoms in total. The molecule has 134 valence electrons. The number of hydrogen-bond acceptors (Lipinski definition) is 4. The molecular formula is C20H26N2O3. The highest BCUT2D eigenvalue weighted by Crippen LogP contribution is 2.50. The molecule has 1 aromatic heterocycles. The molecule has 0 saturated carbocycles. The Labute approximate surface area is 148 Å². The molecule has 0 unspecified atom stereocenters. The van der Waals surface area contributed by atoms with E-state index in [-0.39, 0.29) is 11.4 Å². The van der Waals surface area contributed by atoms with E-state index in [4.69, 9.17) is 9.94 Å². The summed E-state index contributed by atoms with van der Waals surface area (Å²) in [5.74, 6) is 0.123. The lowest BCUT2D eigenvalue weighted by Gasteiger charge is -2.39. The number of hydrogen-bond donors (Lipinski definition) is 2. The summed E-state index contributed by atoms with van der Waals surface area (Å²) < 4.78 is 4.98. The van der Waals surface area contributed by atoms with Gasteiger partial charge in [-0.2, -0.15) is 0 Å². The monoisotopic (exact) mass is 342 g/mol. The number of H-pyrrole nitrogens is 1. The molecule has 0 fully saturated rings. The SMILES string of the molecule is CC[C@@]1(CC(=O)OC)CC[C@H](C/C=N/O)c2c1[nH]c1c(C)cccc21. The van der Waals surface area contributed by atoms with Crippen LogP contribution < -0.4 is 0 Å². The second kappa shape index (κ2) is 6.90. The third-order valence-corrected chi connectivity index (χ3v) is 5.85. The van der Waals surface area contributed by atoms with Gasteiger partial charge in [0.05, 0.1) is 13.5 Å². The number of methoxy groups -OCH3 is 1. The lowest BCUT2D eigenvalue weighted by atomic mass is 9.65. The third-order valence-electron chi connectivity index (χ3n) is 5.85. The Morgan fingerprint density at radius 2 is 2.32 bits per heavy atom. The number of aromatic amines is 1. The number of para-hydroxylation sites is 1. The minimum absolute atomic E-state index is 0.168. The van der Waals surface area contributed by atoms with Crippen LogP contribution in [0.15, 0.2) is 23.4 Å². The number of carbonyl (C=O) groups is 1. The summed E-state index contributed by atoms with van der Waals surface area (Å²) in [7, 11) is 1.45. The van der Waals surface area contributed by atoms with Crippen molar-refractivity contribution in [1.29, 1.82) is 0 Å². The molecule has 25 heavy (non-hydrogen) atoms. The quantitative estimate of drug-likeness (QED) is 0.366.